The van der Waals surface area contributed by atoms with Crippen LogP contribution < -0.4 is 11.2 Å². The topological polar surface area (TPSA) is 96.7 Å². The molecule has 0 atom stereocenters. The maximum Gasteiger partial charge on any atom is 0.416 e. The van der Waals surface area contributed by atoms with Gasteiger partial charge in [-0.25, -0.2) is 14.3 Å². The number of aromatic nitrogens is 6. The number of carbonyl (C=O) groups excluding carboxylic acids is 1. The van der Waals surface area contributed by atoms with Crippen LogP contribution in [0.15, 0.2) is 46.2 Å². The lowest BCUT2D eigenvalue weighted by molar-refractivity contribution is -0.137. The van der Waals surface area contributed by atoms with Gasteiger partial charge in [0.2, 0.25) is 0 Å². The number of fused-ring (bicyclic) bond motifs is 1. The summed E-state index contributed by atoms with van der Waals surface area (Å²) in [6.45, 7) is 5.86. The maximum absolute atomic E-state index is 13.4. The summed E-state index contributed by atoms with van der Waals surface area (Å²) in [5.74, 6) is 0.577. The summed E-state index contributed by atoms with van der Waals surface area (Å²) in [6, 6.07) is 4.93. The average molecular weight is 535 g/mol. The largest absolute Gasteiger partial charge is 0.416 e. The lowest BCUT2D eigenvalue weighted by Crippen LogP contribution is -2.40. The molecule has 0 saturated heterocycles. The summed E-state index contributed by atoms with van der Waals surface area (Å²) in [5, 5.41) is 3.80. The van der Waals surface area contributed by atoms with Crippen molar-refractivity contribution in [2.75, 3.05) is 5.75 Å². The summed E-state index contributed by atoms with van der Waals surface area (Å²) in [5.41, 5.74) is -1.01. The lowest BCUT2D eigenvalue weighted by atomic mass is 10.1. The highest BCUT2D eigenvalue weighted by Gasteiger charge is 2.30. The van der Waals surface area contributed by atoms with E-state index in [0.717, 1.165) is 28.5 Å². The van der Waals surface area contributed by atoms with Gasteiger partial charge < -0.3 is 0 Å². The van der Waals surface area contributed by atoms with Gasteiger partial charge in [-0.05, 0) is 36.8 Å². The summed E-state index contributed by atoms with van der Waals surface area (Å²) >= 11 is 0.986. The number of alkyl halides is 3. The number of rotatable bonds is 7. The molecule has 0 amide bonds. The Morgan fingerprint density at radius 1 is 1.11 bits per heavy atom. The minimum atomic E-state index is -4.47. The second-order valence-electron chi connectivity index (χ2n) is 8.25. The number of nitrogens with zero attached hydrogens (tertiary/aromatic N) is 6. The van der Waals surface area contributed by atoms with E-state index in [2.05, 4.69) is 10.1 Å². The van der Waals surface area contributed by atoms with Crippen LogP contribution in [0.1, 0.15) is 38.3 Å². The Hall–Kier alpha value is -3.61. The Balaban J connectivity index is 1.87. The molecule has 13 heteroatoms. The molecule has 0 aliphatic rings. The monoisotopic (exact) mass is 534 g/mol. The van der Waals surface area contributed by atoms with Gasteiger partial charge >= 0.3 is 11.9 Å². The third-order valence-electron chi connectivity index (χ3n) is 5.73. The van der Waals surface area contributed by atoms with E-state index in [9.17, 15) is 27.6 Å². The average Bonchev–Trinajstić information content (AvgIpc) is 3.47. The van der Waals surface area contributed by atoms with E-state index in [1.165, 1.54) is 26.1 Å². The Kier molecular flexibility index (Phi) is 7.44. The fourth-order valence-electron chi connectivity index (χ4n) is 4.10. The Morgan fingerprint density at radius 3 is 2.51 bits per heavy atom. The summed E-state index contributed by atoms with van der Waals surface area (Å²) in [6.07, 6.45) is -0.951. The normalized spacial score (nSPS) is 11.9. The molecule has 4 aromatic rings. The first-order chi connectivity index (χ1) is 17.6. The minimum absolute atomic E-state index is 0.00137. The van der Waals surface area contributed by atoms with Crippen LogP contribution in [0.5, 0.6) is 0 Å². The van der Waals surface area contributed by atoms with Crippen molar-refractivity contribution in [1.29, 1.82) is 0 Å². The van der Waals surface area contributed by atoms with Crippen LogP contribution in [-0.4, -0.2) is 39.5 Å². The van der Waals surface area contributed by atoms with Gasteiger partial charge in [0.15, 0.2) is 17.0 Å². The summed E-state index contributed by atoms with van der Waals surface area (Å²) < 4.78 is 44.4. The lowest BCUT2D eigenvalue weighted by Gasteiger charge is -2.10. The fourth-order valence-corrected chi connectivity index (χ4v) is 4.66. The van der Waals surface area contributed by atoms with Crippen molar-refractivity contribution >= 4 is 28.2 Å². The second-order valence-corrected chi connectivity index (χ2v) is 9.47. The molecule has 0 N–H and O–H groups in total. The van der Waals surface area contributed by atoms with Crippen LogP contribution in [0, 0.1) is 0 Å². The van der Waals surface area contributed by atoms with Gasteiger partial charge in [0, 0.05) is 19.3 Å². The van der Waals surface area contributed by atoms with Crippen LogP contribution in [0.4, 0.5) is 18.0 Å². The molecule has 37 heavy (non-hydrogen) atoms. The third-order valence-corrected chi connectivity index (χ3v) is 6.45. The van der Waals surface area contributed by atoms with Gasteiger partial charge in [-0.3, -0.25) is 23.4 Å². The Bertz CT molecular complexity index is 1580. The number of hydrogen-bond acceptors (Lipinski definition) is 6. The molecule has 9 nitrogen and oxygen atoms in total. The van der Waals surface area contributed by atoms with E-state index in [1.54, 1.807) is 26.1 Å². The summed E-state index contributed by atoms with van der Waals surface area (Å²) in [4.78, 5) is 44.0. The van der Waals surface area contributed by atoms with Gasteiger partial charge in [0.1, 0.15) is 0 Å². The Morgan fingerprint density at radius 2 is 1.86 bits per heavy atom. The van der Waals surface area contributed by atoms with Gasteiger partial charge in [0.25, 0.3) is 10.8 Å². The second kappa shape index (κ2) is 10.4. The molecule has 196 valence electrons. The van der Waals surface area contributed by atoms with E-state index in [0.29, 0.717) is 23.3 Å². The number of carbonyl (C=O) groups is 1. The van der Waals surface area contributed by atoms with Gasteiger partial charge in [-0.1, -0.05) is 37.7 Å². The number of imidazole rings is 1. The van der Waals surface area contributed by atoms with Crippen LogP contribution in [0.25, 0.3) is 22.6 Å². The van der Waals surface area contributed by atoms with Crippen molar-refractivity contribution in [3.63, 3.8) is 0 Å². The molecule has 0 unspecified atom stereocenters. The molecule has 0 radical (unpaired) electrons. The molecule has 0 saturated carbocycles. The molecule has 3 aromatic heterocycles. The highest BCUT2D eigenvalue weighted by Crippen LogP contribution is 2.30. The molecule has 4 rings (SSSR count). The van der Waals surface area contributed by atoms with E-state index in [1.807, 2.05) is 6.92 Å². The van der Waals surface area contributed by atoms with Crippen LogP contribution in [0.2, 0.25) is 0 Å². The third kappa shape index (κ3) is 4.99. The van der Waals surface area contributed by atoms with Gasteiger partial charge in [-0.2, -0.15) is 18.3 Å². The Labute approximate surface area is 213 Å². The van der Waals surface area contributed by atoms with Crippen molar-refractivity contribution in [3.05, 3.63) is 68.6 Å². The number of aryl methyl sites for hydroxylation is 1. The zero-order valence-corrected chi connectivity index (χ0v) is 21.3. The number of hydrogen-bond donors (Lipinski definition) is 0. The van der Waals surface area contributed by atoms with Crippen molar-refractivity contribution in [2.24, 2.45) is 0 Å². The van der Waals surface area contributed by atoms with E-state index in [-0.39, 0.29) is 36.6 Å². The first-order valence-electron chi connectivity index (χ1n) is 11.7. The van der Waals surface area contributed by atoms with Crippen molar-refractivity contribution in [1.82, 2.24) is 28.5 Å². The summed E-state index contributed by atoms with van der Waals surface area (Å²) in [7, 11) is 0. The van der Waals surface area contributed by atoms with Crippen molar-refractivity contribution in [2.45, 2.75) is 53.0 Å². The highest BCUT2D eigenvalue weighted by atomic mass is 32.2. The zero-order valence-electron chi connectivity index (χ0n) is 20.4. The molecule has 0 spiro atoms. The highest BCUT2D eigenvalue weighted by molar-refractivity contribution is 8.13. The van der Waals surface area contributed by atoms with Crippen molar-refractivity contribution in [3.8, 4) is 11.4 Å². The van der Waals surface area contributed by atoms with Crippen molar-refractivity contribution < 1.29 is 18.0 Å². The van der Waals surface area contributed by atoms with E-state index >= 15 is 0 Å². The number of benzene rings is 1. The van der Waals surface area contributed by atoms with Gasteiger partial charge in [0.05, 0.1) is 23.9 Å². The number of halogens is 3. The predicted octanol–water partition coefficient (Wildman–Crippen LogP) is 4.44. The molecule has 0 bridgehead atoms. The van der Waals surface area contributed by atoms with Gasteiger partial charge in [-0.15, -0.1) is 0 Å². The minimum Gasteiger partial charge on any atom is -0.276 e. The first kappa shape index (κ1) is 26.5. The van der Waals surface area contributed by atoms with Crippen LogP contribution in [0.3, 0.4) is 0 Å². The quantitative estimate of drug-likeness (QED) is 0.348. The molecule has 0 fully saturated rings. The van der Waals surface area contributed by atoms with E-state index < -0.39 is 28.2 Å². The smallest absolute Gasteiger partial charge is 0.276 e. The maximum atomic E-state index is 13.4. The van der Waals surface area contributed by atoms with E-state index in [4.69, 9.17) is 0 Å². The van der Waals surface area contributed by atoms with Crippen LogP contribution >= 0.6 is 11.8 Å². The SMILES string of the molecule is CCCn1c(=O)c2c(nc(-c3cnn(Cc4cccc(C(F)(F)F)c4)c3)n2C(=O)SCC)n(CC)c1=O. The van der Waals surface area contributed by atoms with Crippen LogP contribution in [-0.2, 0) is 25.8 Å². The predicted molar refractivity (Wildman–Crippen MR) is 135 cm³/mol. The molecule has 0 aliphatic carbocycles. The standard InChI is InChI=1S/C24H25F3N6O3S/c1-4-10-32-21(34)18-20(31(5-2)22(32)35)29-19(33(18)23(36)37-6-3)16-12-28-30(14-16)13-15-8-7-9-17(11-15)24(25,26)27/h7-9,11-12,14H,4-6,10,13H2,1-3H3. The molecule has 1 aromatic carbocycles. The number of thioether (sulfide) groups is 1. The zero-order chi connectivity index (χ0) is 26.9. The molecule has 3 heterocycles. The molecular formula is C24H25F3N6O3S. The fraction of sp³-hybridized carbons (Fsp3) is 0.375. The molecule has 0 aliphatic heterocycles. The molecular weight excluding hydrogens is 509 g/mol. The first-order valence-corrected chi connectivity index (χ1v) is 12.7.